The third-order valence-electron chi connectivity index (χ3n) is 3.13. The number of hydrogen-bond donors (Lipinski definition) is 1. The van der Waals surface area contributed by atoms with E-state index in [0.717, 1.165) is 0 Å². The normalized spacial score (nSPS) is 19.4. The zero-order valence-corrected chi connectivity index (χ0v) is 13.2. The molecule has 1 aliphatic rings. The highest BCUT2D eigenvalue weighted by Gasteiger charge is 2.29. The van der Waals surface area contributed by atoms with Crippen molar-refractivity contribution in [2.24, 2.45) is 5.73 Å². The van der Waals surface area contributed by atoms with Gasteiger partial charge in [-0.3, -0.25) is 4.79 Å². The minimum atomic E-state index is -3.31. The largest absolute Gasteiger partial charge is 0.378 e. The molecule has 20 heavy (non-hydrogen) atoms. The number of sulfonamides is 1. The maximum atomic E-state index is 12.1. The lowest BCUT2D eigenvalue weighted by molar-refractivity contribution is -0.133. The number of piperazine rings is 1. The van der Waals surface area contributed by atoms with Gasteiger partial charge in [-0.1, -0.05) is 0 Å². The van der Waals surface area contributed by atoms with Crippen LogP contribution in [0.25, 0.3) is 0 Å². The van der Waals surface area contributed by atoms with Crippen LogP contribution in [0.1, 0.15) is 20.8 Å². The van der Waals surface area contributed by atoms with Crippen molar-refractivity contribution in [1.29, 1.82) is 0 Å². The molecule has 0 unspecified atom stereocenters. The van der Waals surface area contributed by atoms with Crippen molar-refractivity contribution in [1.82, 2.24) is 9.21 Å². The fourth-order valence-electron chi connectivity index (χ4n) is 1.99. The summed E-state index contributed by atoms with van der Waals surface area (Å²) in [7, 11) is -3.31. The van der Waals surface area contributed by atoms with Crippen molar-refractivity contribution in [3.8, 4) is 0 Å². The van der Waals surface area contributed by atoms with Crippen molar-refractivity contribution in [2.75, 3.05) is 38.5 Å². The molecule has 1 saturated heterocycles. The van der Waals surface area contributed by atoms with Crippen LogP contribution < -0.4 is 5.73 Å². The van der Waals surface area contributed by atoms with Crippen molar-refractivity contribution < 1.29 is 17.9 Å². The molecule has 1 heterocycles. The van der Waals surface area contributed by atoms with Gasteiger partial charge in [0.2, 0.25) is 15.9 Å². The van der Waals surface area contributed by atoms with E-state index in [-0.39, 0.29) is 24.4 Å². The molecule has 118 valence electrons. The smallest absolute Gasteiger partial charge is 0.239 e. The van der Waals surface area contributed by atoms with Crippen LogP contribution >= 0.6 is 0 Å². The van der Waals surface area contributed by atoms with E-state index in [1.165, 1.54) is 4.31 Å². The van der Waals surface area contributed by atoms with Crippen LogP contribution in [0.5, 0.6) is 0 Å². The van der Waals surface area contributed by atoms with Gasteiger partial charge in [0, 0.05) is 26.2 Å². The summed E-state index contributed by atoms with van der Waals surface area (Å²) in [6, 6.07) is -0.544. The molecule has 8 heteroatoms. The van der Waals surface area contributed by atoms with E-state index in [9.17, 15) is 13.2 Å². The highest BCUT2D eigenvalue weighted by molar-refractivity contribution is 7.89. The van der Waals surface area contributed by atoms with E-state index < -0.39 is 16.1 Å². The summed E-state index contributed by atoms with van der Waals surface area (Å²) in [5, 5.41) is 0. The lowest BCUT2D eigenvalue weighted by Gasteiger charge is -2.34. The van der Waals surface area contributed by atoms with E-state index in [2.05, 4.69) is 0 Å². The van der Waals surface area contributed by atoms with Crippen LogP contribution in [0, 0.1) is 0 Å². The Balaban J connectivity index is 2.46. The lowest BCUT2D eigenvalue weighted by Crippen LogP contribution is -2.54. The van der Waals surface area contributed by atoms with Crippen molar-refractivity contribution >= 4 is 15.9 Å². The van der Waals surface area contributed by atoms with Gasteiger partial charge in [0.25, 0.3) is 0 Å². The molecule has 1 aliphatic heterocycles. The molecule has 0 saturated carbocycles. The van der Waals surface area contributed by atoms with Crippen LogP contribution in [-0.2, 0) is 19.6 Å². The van der Waals surface area contributed by atoms with Crippen LogP contribution in [0.2, 0.25) is 0 Å². The predicted octanol–water partition coefficient (Wildman–Crippen LogP) is -0.767. The summed E-state index contributed by atoms with van der Waals surface area (Å²) < 4.78 is 30.9. The summed E-state index contributed by atoms with van der Waals surface area (Å²) in [5.41, 5.74) is 5.54. The minimum absolute atomic E-state index is 0.0192. The number of carbonyl (C=O) groups is 1. The lowest BCUT2D eigenvalue weighted by atomic mass is 10.2. The van der Waals surface area contributed by atoms with Gasteiger partial charge in [-0.25, -0.2) is 8.42 Å². The third kappa shape index (κ3) is 5.01. The Morgan fingerprint density at radius 3 is 2.20 bits per heavy atom. The number of rotatable bonds is 6. The highest BCUT2D eigenvalue weighted by atomic mass is 32.2. The quantitative estimate of drug-likeness (QED) is 0.696. The average Bonchev–Trinajstić information content (AvgIpc) is 2.37. The van der Waals surface area contributed by atoms with Crippen LogP contribution in [-0.4, -0.2) is 74.2 Å². The highest BCUT2D eigenvalue weighted by Crippen LogP contribution is 2.09. The molecule has 1 amide bonds. The molecular weight excluding hydrogens is 282 g/mol. The van der Waals surface area contributed by atoms with Crippen LogP contribution in [0.3, 0.4) is 0 Å². The molecule has 1 atom stereocenters. The van der Waals surface area contributed by atoms with Gasteiger partial charge in [-0.05, 0) is 20.8 Å². The first-order valence-corrected chi connectivity index (χ1v) is 8.48. The molecule has 1 rings (SSSR count). The molecule has 0 aromatic rings. The summed E-state index contributed by atoms with van der Waals surface area (Å²) in [6.07, 6.45) is 0.0192. The first-order valence-electron chi connectivity index (χ1n) is 6.88. The Morgan fingerprint density at radius 1 is 1.20 bits per heavy atom. The number of carbonyl (C=O) groups excluding carboxylic acids is 1. The van der Waals surface area contributed by atoms with Crippen LogP contribution in [0.15, 0.2) is 0 Å². The minimum Gasteiger partial charge on any atom is -0.378 e. The zero-order valence-electron chi connectivity index (χ0n) is 12.4. The van der Waals surface area contributed by atoms with E-state index >= 15 is 0 Å². The van der Waals surface area contributed by atoms with Crippen LogP contribution in [0.4, 0.5) is 0 Å². The molecule has 2 N–H and O–H groups in total. The molecule has 0 aliphatic carbocycles. The Morgan fingerprint density at radius 2 is 1.75 bits per heavy atom. The van der Waals surface area contributed by atoms with Crippen molar-refractivity contribution in [3.05, 3.63) is 0 Å². The summed E-state index contributed by atoms with van der Waals surface area (Å²) in [6.45, 7) is 6.99. The van der Waals surface area contributed by atoms with E-state index in [0.29, 0.717) is 26.2 Å². The maximum Gasteiger partial charge on any atom is 0.239 e. The zero-order chi connectivity index (χ0) is 15.3. The number of ether oxygens (including phenoxy) is 1. The van der Waals surface area contributed by atoms with Gasteiger partial charge in [-0.2, -0.15) is 4.31 Å². The number of nitrogens with zero attached hydrogens (tertiary/aromatic N) is 2. The topological polar surface area (TPSA) is 92.9 Å². The number of hydrogen-bond acceptors (Lipinski definition) is 5. The Labute approximate surface area is 121 Å². The van der Waals surface area contributed by atoms with Gasteiger partial charge in [0.05, 0.1) is 24.5 Å². The summed E-state index contributed by atoms with van der Waals surface area (Å²) >= 11 is 0. The second-order valence-corrected chi connectivity index (χ2v) is 7.34. The van der Waals surface area contributed by atoms with Gasteiger partial charge in [0.15, 0.2) is 0 Å². The second-order valence-electron chi connectivity index (χ2n) is 5.25. The predicted molar refractivity (Wildman–Crippen MR) is 76.7 cm³/mol. The molecule has 0 aromatic carbocycles. The Kier molecular flexibility index (Phi) is 6.38. The van der Waals surface area contributed by atoms with Gasteiger partial charge in [0.1, 0.15) is 0 Å². The van der Waals surface area contributed by atoms with E-state index in [4.69, 9.17) is 10.5 Å². The fourth-order valence-corrected chi connectivity index (χ4v) is 3.28. The third-order valence-corrected chi connectivity index (χ3v) is 4.96. The van der Waals surface area contributed by atoms with Gasteiger partial charge < -0.3 is 15.4 Å². The maximum absolute atomic E-state index is 12.1. The Bertz CT molecular complexity index is 414. The molecule has 0 bridgehead atoms. The van der Waals surface area contributed by atoms with Crippen molar-refractivity contribution in [3.63, 3.8) is 0 Å². The number of amides is 1. The second kappa shape index (κ2) is 7.35. The SMILES string of the molecule is CC(C)OCCS(=O)(=O)N1CCN(C(=O)[C@@H](C)N)CC1. The number of nitrogens with two attached hydrogens (primary N) is 1. The first kappa shape index (κ1) is 17.4. The molecule has 0 spiro atoms. The molecule has 1 fully saturated rings. The van der Waals surface area contributed by atoms with E-state index in [1.807, 2.05) is 13.8 Å². The summed E-state index contributed by atoms with van der Waals surface area (Å²) in [4.78, 5) is 13.3. The standard InChI is InChI=1S/C12H25N3O4S/c1-10(2)19-8-9-20(17,18)15-6-4-14(5-7-15)12(16)11(3)13/h10-11H,4-9,13H2,1-3H3/t11-/m1/s1. The Hall–Kier alpha value is -0.700. The molecular formula is C12H25N3O4S. The molecule has 0 radical (unpaired) electrons. The molecule has 0 aromatic heterocycles. The van der Waals surface area contributed by atoms with Gasteiger partial charge in [-0.15, -0.1) is 0 Å². The van der Waals surface area contributed by atoms with Crippen molar-refractivity contribution in [2.45, 2.75) is 32.9 Å². The van der Waals surface area contributed by atoms with Gasteiger partial charge >= 0.3 is 0 Å². The summed E-state index contributed by atoms with van der Waals surface area (Å²) in [5.74, 6) is -0.155. The van der Waals surface area contributed by atoms with E-state index in [1.54, 1.807) is 11.8 Å². The molecule has 7 nitrogen and oxygen atoms in total. The first-order chi connectivity index (χ1) is 9.24. The average molecular weight is 307 g/mol. The fraction of sp³-hybridized carbons (Fsp3) is 0.917. The monoisotopic (exact) mass is 307 g/mol.